The summed E-state index contributed by atoms with van der Waals surface area (Å²) in [5.74, 6) is -0.117. The average molecular weight is 359 g/mol. The Morgan fingerprint density at radius 3 is 1.56 bits per heavy atom. The van der Waals surface area contributed by atoms with Crippen molar-refractivity contribution in [3.63, 3.8) is 0 Å². The number of methoxy groups -OCH3 is 1. The fourth-order valence-corrected chi connectivity index (χ4v) is 3.13. The molecule has 0 aromatic carbocycles. The van der Waals surface area contributed by atoms with E-state index in [0.717, 1.165) is 44.9 Å². The van der Waals surface area contributed by atoms with Gasteiger partial charge in [-0.15, -0.1) is 0 Å². The molecule has 0 fully saturated rings. The van der Waals surface area contributed by atoms with Crippen molar-refractivity contribution in [2.45, 2.75) is 122 Å². The van der Waals surface area contributed by atoms with Gasteiger partial charge < -0.3 is 14.9 Å². The molecule has 0 aliphatic rings. The van der Waals surface area contributed by atoms with Crippen molar-refractivity contribution >= 4 is 5.97 Å². The zero-order chi connectivity index (χ0) is 18.8. The summed E-state index contributed by atoms with van der Waals surface area (Å²) in [7, 11) is 1.43. The molecule has 2 N–H and O–H groups in total. The van der Waals surface area contributed by atoms with Crippen LogP contribution in [0.25, 0.3) is 0 Å². The number of esters is 1. The Bertz CT molecular complexity index is 294. The van der Waals surface area contributed by atoms with Gasteiger partial charge >= 0.3 is 5.97 Å². The first-order chi connectivity index (χ1) is 12.1. The molecule has 150 valence electrons. The summed E-state index contributed by atoms with van der Waals surface area (Å²) in [5.41, 5.74) is 0. The summed E-state index contributed by atoms with van der Waals surface area (Å²) < 4.78 is 4.61. The zero-order valence-electron chi connectivity index (χ0n) is 16.7. The quantitative estimate of drug-likeness (QED) is 0.263. The van der Waals surface area contributed by atoms with Crippen molar-refractivity contribution in [2.75, 3.05) is 7.11 Å². The van der Waals surface area contributed by atoms with Gasteiger partial charge in [0, 0.05) is 6.42 Å². The van der Waals surface area contributed by atoms with E-state index >= 15 is 0 Å². The maximum atomic E-state index is 11.0. The first-order valence-corrected chi connectivity index (χ1v) is 10.5. The van der Waals surface area contributed by atoms with Crippen molar-refractivity contribution in [2.24, 2.45) is 0 Å². The lowest BCUT2D eigenvalue weighted by atomic mass is 9.99. The molecule has 0 amide bonds. The number of hydrogen-bond donors (Lipinski definition) is 2. The van der Waals surface area contributed by atoms with Gasteiger partial charge in [0.15, 0.2) is 0 Å². The van der Waals surface area contributed by atoms with Crippen LogP contribution in [0.4, 0.5) is 0 Å². The van der Waals surface area contributed by atoms with Crippen LogP contribution < -0.4 is 0 Å². The average Bonchev–Trinajstić information content (AvgIpc) is 2.62. The van der Waals surface area contributed by atoms with Gasteiger partial charge in [0.05, 0.1) is 19.3 Å². The highest BCUT2D eigenvalue weighted by molar-refractivity contribution is 5.68. The molecule has 0 rings (SSSR count). The van der Waals surface area contributed by atoms with Crippen LogP contribution in [0, 0.1) is 0 Å². The van der Waals surface area contributed by atoms with Crippen molar-refractivity contribution in [1.29, 1.82) is 0 Å². The summed E-state index contributed by atoms with van der Waals surface area (Å²) >= 11 is 0. The van der Waals surface area contributed by atoms with E-state index in [1.54, 1.807) is 0 Å². The molecule has 0 aromatic rings. The number of hydrogen-bond acceptors (Lipinski definition) is 4. The molecule has 0 radical (unpaired) electrons. The lowest BCUT2D eigenvalue weighted by Crippen LogP contribution is -2.25. The molecule has 0 spiro atoms. The number of unbranched alkanes of at least 4 members (excludes halogenated alkanes) is 11. The fourth-order valence-electron chi connectivity index (χ4n) is 3.13. The molecule has 25 heavy (non-hydrogen) atoms. The third-order valence-electron chi connectivity index (χ3n) is 4.91. The summed E-state index contributed by atoms with van der Waals surface area (Å²) in [4.78, 5) is 11.0. The molecule has 0 bridgehead atoms. The minimum atomic E-state index is -0.560. The Morgan fingerprint density at radius 2 is 1.12 bits per heavy atom. The van der Waals surface area contributed by atoms with Crippen LogP contribution in [0.2, 0.25) is 0 Å². The maximum absolute atomic E-state index is 11.0. The second kappa shape index (κ2) is 18.2. The molecule has 0 aromatic heterocycles. The van der Waals surface area contributed by atoms with Crippen LogP contribution in [0.3, 0.4) is 0 Å². The second-order valence-corrected chi connectivity index (χ2v) is 7.28. The van der Waals surface area contributed by atoms with E-state index in [0.29, 0.717) is 12.8 Å². The van der Waals surface area contributed by atoms with Crippen LogP contribution in [0.1, 0.15) is 110 Å². The molecule has 0 heterocycles. The minimum absolute atomic E-state index is 0.117. The fraction of sp³-hybridized carbons (Fsp3) is 0.952. The van der Waals surface area contributed by atoms with Crippen LogP contribution >= 0.6 is 0 Å². The molecule has 0 aliphatic carbocycles. The van der Waals surface area contributed by atoms with Gasteiger partial charge in [-0.3, -0.25) is 4.79 Å². The van der Waals surface area contributed by atoms with Gasteiger partial charge in [-0.05, 0) is 19.3 Å². The van der Waals surface area contributed by atoms with E-state index in [1.165, 1.54) is 52.1 Å². The predicted molar refractivity (Wildman–Crippen MR) is 104 cm³/mol. The van der Waals surface area contributed by atoms with Gasteiger partial charge in [0.2, 0.25) is 0 Å². The van der Waals surface area contributed by atoms with Gasteiger partial charge in [-0.25, -0.2) is 0 Å². The van der Waals surface area contributed by atoms with Crippen molar-refractivity contribution in [3.8, 4) is 0 Å². The van der Waals surface area contributed by atoms with Crippen molar-refractivity contribution in [3.05, 3.63) is 0 Å². The lowest BCUT2D eigenvalue weighted by molar-refractivity contribution is -0.140. The normalized spacial score (nSPS) is 13.6. The van der Waals surface area contributed by atoms with Crippen LogP contribution in [-0.4, -0.2) is 35.5 Å². The molecule has 2 atom stereocenters. The monoisotopic (exact) mass is 358 g/mol. The summed E-state index contributed by atoms with van der Waals surface area (Å²) in [6, 6.07) is 0. The van der Waals surface area contributed by atoms with Crippen LogP contribution in [0.15, 0.2) is 0 Å². The van der Waals surface area contributed by atoms with E-state index in [4.69, 9.17) is 0 Å². The van der Waals surface area contributed by atoms with E-state index in [2.05, 4.69) is 11.7 Å². The first-order valence-electron chi connectivity index (χ1n) is 10.5. The lowest BCUT2D eigenvalue weighted by Gasteiger charge is -2.17. The molecule has 0 saturated heterocycles. The van der Waals surface area contributed by atoms with E-state index in [-0.39, 0.29) is 5.97 Å². The number of carbonyl (C=O) groups excluding carboxylic acids is 1. The van der Waals surface area contributed by atoms with Gasteiger partial charge in [0.25, 0.3) is 0 Å². The summed E-state index contributed by atoms with van der Waals surface area (Å²) in [5, 5.41) is 20.0. The summed E-state index contributed by atoms with van der Waals surface area (Å²) in [6.45, 7) is 2.21. The first kappa shape index (κ1) is 24.4. The van der Waals surface area contributed by atoms with Crippen molar-refractivity contribution in [1.82, 2.24) is 0 Å². The third kappa shape index (κ3) is 16.6. The Kier molecular flexibility index (Phi) is 17.7. The molecule has 0 saturated carbocycles. The number of carbonyl (C=O) groups is 1. The van der Waals surface area contributed by atoms with E-state index in [1.807, 2.05) is 0 Å². The smallest absolute Gasteiger partial charge is 0.305 e. The number of aliphatic hydroxyl groups excluding tert-OH is 2. The SMILES string of the molecule is CCCCCCCC[C@@H](O)[C@H](O)CCCCCCCCCC(=O)OC. The zero-order valence-corrected chi connectivity index (χ0v) is 16.7. The van der Waals surface area contributed by atoms with Gasteiger partial charge in [-0.2, -0.15) is 0 Å². The predicted octanol–water partition coefficient (Wildman–Crippen LogP) is 5.14. The molecule has 4 heteroatoms. The topological polar surface area (TPSA) is 66.8 Å². The molecule has 4 nitrogen and oxygen atoms in total. The Morgan fingerprint density at radius 1 is 0.720 bits per heavy atom. The number of rotatable bonds is 18. The Labute approximate surface area is 155 Å². The highest BCUT2D eigenvalue weighted by Crippen LogP contribution is 2.15. The Hall–Kier alpha value is -0.610. The Balaban J connectivity index is 3.36. The number of aliphatic hydroxyl groups is 2. The van der Waals surface area contributed by atoms with Crippen molar-refractivity contribution < 1.29 is 19.7 Å². The maximum Gasteiger partial charge on any atom is 0.305 e. The van der Waals surface area contributed by atoms with E-state index < -0.39 is 12.2 Å². The van der Waals surface area contributed by atoms with Crippen LogP contribution in [0.5, 0.6) is 0 Å². The van der Waals surface area contributed by atoms with Gasteiger partial charge in [0.1, 0.15) is 0 Å². The molecule has 0 aliphatic heterocycles. The summed E-state index contributed by atoms with van der Waals surface area (Å²) in [6.07, 6.45) is 15.7. The minimum Gasteiger partial charge on any atom is -0.469 e. The molecular formula is C21H42O4. The second-order valence-electron chi connectivity index (χ2n) is 7.28. The largest absolute Gasteiger partial charge is 0.469 e. The molecule has 0 unspecified atom stereocenters. The van der Waals surface area contributed by atoms with Gasteiger partial charge in [-0.1, -0.05) is 84.0 Å². The third-order valence-corrected chi connectivity index (χ3v) is 4.91. The van der Waals surface area contributed by atoms with Crippen LogP contribution in [-0.2, 0) is 9.53 Å². The number of ether oxygens (including phenoxy) is 1. The highest BCUT2D eigenvalue weighted by atomic mass is 16.5. The standard InChI is InChI=1S/C21H42O4/c1-3-4-5-6-10-13-16-19(22)20(23)17-14-11-8-7-9-12-15-18-21(24)25-2/h19-20,22-23H,3-18H2,1-2H3/t19-,20-/m1/s1. The highest BCUT2D eigenvalue weighted by Gasteiger charge is 2.15. The molecular weight excluding hydrogens is 316 g/mol. The van der Waals surface area contributed by atoms with E-state index in [9.17, 15) is 15.0 Å².